The molecule has 4 unspecified atom stereocenters. The van der Waals surface area contributed by atoms with E-state index in [0.29, 0.717) is 18.4 Å². The Labute approximate surface area is 130 Å². The van der Waals surface area contributed by atoms with Gasteiger partial charge in [-0.2, -0.15) is 0 Å². The fourth-order valence-corrected chi connectivity index (χ4v) is 4.34. The van der Waals surface area contributed by atoms with E-state index in [2.05, 4.69) is 5.32 Å². The van der Waals surface area contributed by atoms with Crippen LogP contribution >= 0.6 is 0 Å². The van der Waals surface area contributed by atoms with Gasteiger partial charge in [0.1, 0.15) is 0 Å². The Kier molecular flexibility index (Phi) is 3.96. The van der Waals surface area contributed by atoms with E-state index in [1.807, 2.05) is 0 Å². The fraction of sp³-hybridized carbons (Fsp3) is 0.533. The number of hydrogen-bond acceptors (Lipinski definition) is 4. The van der Waals surface area contributed by atoms with Gasteiger partial charge in [-0.3, -0.25) is 4.79 Å². The normalized spacial score (nSPS) is 30.5. The van der Waals surface area contributed by atoms with Gasteiger partial charge in [-0.05, 0) is 48.8 Å². The van der Waals surface area contributed by atoms with Crippen molar-refractivity contribution in [3.8, 4) is 0 Å². The second kappa shape index (κ2) is 5.64. The van der Waals surface area contributed by atoms with Gasteiger partial charge in [-0.15, -0.1) is 0 Å². The summed E-state index contributed by atoms with van der Waals surface area (Å²) in [6, 6.07) is 6.17. The molecular formula is C15H21N3O3S. The third-order valence-corrected chi connectivity index (χ3v) is 5.93. The molecule has 2 bridgehead atoms. The quantitative estimate of drug-likeness (QED) is 0.740. The van der Waals surface area contributed by atoms with E-state index >= 15 is 0 Å². The number of carbonyl (C=O) groups excluding carboxylic acids is 1. The predicted molar refractivity (Wildman–Crippen MR) is 82.0 cm³/mol. The first kappa shape index (κ1) is 15.5. The van der Waals surface area contributed by atoms with Gasteiger partial charge in [0.15, 0.2) is 0 Å². The zero-order chi connectivity index (χ0) is 15.9. The van der Waals surface area contributed by atoms with Gasteiger partial charge in [0.25, 0.3) is 0 Å². The molecule has 22 heavy (non-hydrogen) atoms. The molecule has 0 radical (unpaired) electrons. The molecule has 2 aliphatic carbocycles. The molecule has 4 atom stereocenters. The van der Waals surface area contributed by atoms with Gasteiger partial charge in [0.05, 0.1) is 10.8 Å². The van der Waals surface area contributed by atoms with Crippen molar-refractivity contribution in [3.05, 3.63) is 29.8 Å². The molecule has 1 aromatic carbocycles. The van der Waals surface area contributed by atoms with Gasteiger partial charge < -0.3 is 11.1 Å². The lowest BCUT2D eigenvalue weighted by Crippen LogP contribution is -2.45. The number of carbonyl (C=O) groups is 1. The number of fused-ring (bicyclic) bond motifs is 2. The predicted octanol–water partition coefficient (Wildman–Crippen LogP) is 0.324. The number of amides is 1. The lowest BCUT2D eigenvalue weighted by molar-refractivity contribution is -0.127. The van der Waals surface area contributed by atoms with Crippen LogP contribution in [0.2, 0.25) is 0 Å². The van der Waals surface area contributed by atoms with Gasteiger partial charge in [0, 0.05) is 12.6 Å². The molecule has 2 fully saturated rings. The highest BCUT2D eigenvalue weighted by Gasteiger charge is 2.48. The Morgan fingerprint density at radius 2 is 1.82 bits per heavy atom. The smallest absolute Gasteiger partial charge is 0.238 e. The van der Waals surface area contributed by atoms with Gasteiger partial charge in [0.2, 0.25) is 15.9 Å². The zero-order valence-electron chi connectivity index (χ0n) is 12.2. The molecule has 2 saturated carbocycles. The van der Waals surface area contributed by atoms with E-state index < -0.39 is 10.0 Å². The molecule has 6 nitrogen and oxygen atoms in total. The summed E-state index contributed by atoms with van der Waals surface area (Å²) >= 11 is 0. The summed E-state index contributed by atoms with van der Waals surface area (Å²) in [5.41, 5.74) is 6.99. The summed E-state index contributed by atoms with van der Waals surface area (Å²) in [6.07, 6.45) is 3.31. The second-order valence-corrected chi connectivity index (χ2v) is 7.90. The standard InChI is InChI=1S/C15H21N3O3S/c16-14-11-4-3-10(7-11)13(14)15(19)18-8-9-1-5-12(6-2-9)22(17,20)21/h1-2,5-6,10-11,13-14H,3-4,7-8,16H2,(H,18,19)(H2,17,20,21). The lowest BCUT2D eigenvalue weighted by atomic mass is 9.84. The van der Waals surface area contributed by atoms with Crippen molar-refractivity contribution in [1.29, 1.82) is 0 Å². The average Bonchev–Trinajstić information content (AvgIpc) is 3.05. The van der Waals surface area contributed by atoms with Crippen molar-refractivity contribution in [1.82, 2.24) is 5.32 Å². The topological polar surface area (TPSA) is 115 Å². The summed E-state index contributed by atoms with van der Waals surface area (Å²) in [5, 5.41) is 7.97. The number of benzene rings is 1. The number of nitrogens with one attached hydrogen (secondary N) is 1. The first-order valence-electron chi connectivity index (χ1n) is 7.51. The van der Waals surface area contributed by atoms with E-state index in [0.717, 1.165) is 24.8 Å². The van der Waals surface area contributed by atoms with E-state index in [9.17, 15) is 13.2 Å². The zero-order valence-corrected chi connectivity index (χ0v) is 13.1. The summed E-state index contributed by atoms with van der Waals surface area (Å²) in [5.74, 6) is 0.845. The molecular weight excluding hydrogens is 302 g/mol. The maximum absolute atomic E-state index is 12.3. The van der Waals surface area contributed by atoms with Crippen molar-refractivity contribution in [2.45, 2.75) is 36.7 Å². The Hall–Kier alpha value is -1.44. The van der Waals surface area contributed by atoms with Crippen molar-refractivity contribution in [2.75, 3.05) is 0 Å². The Morgan fingerprint density at radius 3 is 2.36 bits per heavy atom. The molecule has 0 aromatic heterocycles. The van der Waals surface area contributed by atoms with E-state index in [1.165, 1.54) is 12.1 Å². The molecule has 5 N–H and O–H groups in total. The number of sulfonamides is 1. The van der Waals surface area contributed by atoms with Crippen molar-refractivity contribution in [3.63, 3.8) is 0 Å². The van der Waals surface area contributed by atoms with Crippen LogP contribution in [0.3, 0.4) is 0 Å². The minimum Gasteiger partial charge on any atom is -0.352 e. The molecule has 0 heterocycles. The monoisotopic (exact) mass is 323 g/mol. The molecule has 3 rings (SSSR count). The highest BCUT2D eigenvalue weighted by Crippen LogP contribution is 2.47. The van der Waals surface area contributed by atoms with Crippen LogP contribution in [0.4, 0.5) is 0 Å². The largest absolute Gasteiger partial charge is 0.352 e. The molecule has 0 saturated heterocycles. The lowest BCUT2D eigenvalue weighted by Gasteiger charge is -2.27. The average molecular weight is 323 g/mol. The highest BCUT2D eigenvalue weighted by atomic mass is 32.2. The van der Waals surface area contributed by atoms with Gasteiger partial charge in [-0.25, -0.2) is 13.6 Å². The molecule has 1 aromatic rings. The van der Waals surface area contributed by atoms with Crippen LogP contribution in [-0.4, -0.2) is 20.4 Å². The fourth-order valence-electron chi connectivity index (χ4n) is 3.83. The summed E-state index contributed by atoms with van der Waals surface area (Å²) < 4.78 is 22.4. The second-order valence-electron chi connectivity index (χ2n) is 6.34. The Bertz CT molecular complexity index is 670. The number of primary sulfonamides is 1. The van der Waals surface area contributed by atoms with E-state index in [1.54, 1.807) is 12.1 Å². The number of nitrogens with two attached hydrogens (primary N) is 2. The van der Waals surface area contributed by atoms with Crippen molar-refractivity contribution in [2.24, 2.45) is 28.6 Å². The van der Waals surface area contributed by atoms with Crippen LogP contribution in [-0.2, 0) is 21.4 Å². The van der Waals surface area contributed by atoms with Crippen LogP contribution in [0.15, 0.2) is 29.2 Å². The Balaban J connectivity index is 1.60. The molecule has 120 valence electrons. The molecule has 0 aliphatic heterocycles. The van der Waals surface area contributed by atoms with Crippen molar-refractivity contribution >= 4 is 15.9 Å². The van der Waals surface area contributed by atoms with Crippen LogP contribution in [0, 0.1) is 17.8 Å². The van der Waals surface area contributed by atoms with Crippen molar-refractivity contribution < 1.29 is 13.2 Å². The maximum Gasteiger partial charge on any atom is 0.238 e. The number of hydrogen-bond donors (Lipinski definition) is 3. The Morgan fingerprint density at radius 1 is 1.18 bits per heavy atom. The van der Waals surface area contributed by atoms with E-state index in [4.69, 9.17) is 10.9 Å². The molecule has 2 aliphatic rings. The van der Waals surface area contributed by atoms with Gasteiger partial charge >= 0.3 is 0 Å². The molecule has 1 amide bonds. The van der Waals surface area contributed by atoms with Crippen LogP contribution < -0.4 is 16.2 Å². The first-order chi connectivity index (χ1) is 10.4. The molecule has 0 spiro atoms. The summed E-state index contributed by atoms with van der Waals surface area (Å²) in [7, 11) is -3.68. The molecule has 7 heteroatoms. The van der Waals surface area contributed by atoms with Crippen LogP contribution in [0.1, 0.15) is 24.8 Å². The van der Waals surface area contributed by atoms with E-state index in [-0.39, 0.29) is 22.8 Å². The minimum absolute atomic E-state index is 0.00947. The number of rotatable bonds is 4. The first-order valence-corrected chi connectivity index (χ1v) is 9.06. The maximum atomic E-state index is 12.3. The van der Waals surface area contributed by atoms with Crippen LogP contribution in [0.25, 0.3) is 0 Å². The third-order valence-electron chi connectivity index (χ3n) is 5.00. The highest BCUT2D eigenvalue weighted by molar-refractivity contribution is 7.89. The SMILES string of the molecule is NC1C2CCC(C2)C1C(=O)NCc1ccc(S(N)(=O)=O)cc1. The van der Waals surface area contributed by atoms with Gasteiger partial charge in [-0.1, -0.05) is 12.1 Å². The van der Waals surface area contributed by atoms with Crippen LogP contribution in [0.5, 0.6) is 0 Å². The third kappa shape index (κ3) is 2.88. The summed E-state index contributed by atoms with van der Waals surface area (Å²) in [6.45, 7) is 0.365. The minimum atomic E-state index is -3.68. The summed E-state index contributed by atoms with van der Waals surface area (Å²) in [4.78, 5) is 12.4.